The van der Waals surface area contributed by atoms with Crippen LogP contribution in [0.4, 0.5) is 26.3 Å². The van der Waals surface area contributed by atoms with E-state index < -0.39 is 31.0 Å². The topological polar surface area (TPSA) is 64.3 Å². The molecule has 0 saturated heterocycles. The molecule has 11 heteroatoms. The van der Waals surface area contributed by atoms with Gasteiger partial charge >= 0.3 is 12.4 Å². The van der Waals surface area contributed by atoms with E-state index in [1.807, 2.05) is 0 Å². The van der Waals surface area contributed by atoms with Gasteiger partial charge in [0.25, 0.3) is 5.91 Å². The molecule has 0 unspecified atom stereocenters. The van der Waals surface area contributed by atoms with Crippen LogP contribution in [0.1, 0.15) is 14.5 Å². The minimum Gasteiger partial charge on any atom is -0.355 e. The average Bonchev–Trinajstić information content (AvgIpc) is 2.73. The zero-order valence-corrected chi connectivity index (χ0v) is 10.3. The largest absolute Gasteiger partial charge is 0.423 e. The maximum atomic E-state index is 12.2. The smallest absolute Gasteiger partial charge is 0.355 e. The number of hydrazine groups is 1. The molecule has 0 aliphatic heterocycles. The average molecular weight is 322 g/mol. The maximum Gasteiger partial charge on any atom is 0.423 e. The number of carbonyl (C=O) groups excluding carboxylic acids is 1. The van der Waals surface area contributed by atoms with E-state index in [9.17, 15) is 31.1 Å². The highest BCUT2D eigenvalue weighted by Gasteiger charge is 2.57. The third-order valence-corrected chi connectivity index (χ3v) is 3.06. The molecule has 0 fully saturated rings. The molecule has 0 radical (unpaired) electrons. The lowest BCUT2D eigenvalue weighted by Crippen LogP contribution is -2.44. The minimum absolute atomic E-state index is 0.0297. The van der Waals surface area contributed by atoms with Crippen LogP contribution in [0.25, 0.3) is 0 Å². The van der Waals surface area contributed by atoms with Gasteiger partial charge in [0, 0.05) is 4.88 Å². The predicted octanol–water partition coefficient (Wildman–Crippen LogP) is 2.36. The Morgan fingerprint density at radius 3 is 2.25 bits per heavy atom. The van der Waals surface area contributed by atoms with Gasteiger partial charge in [0.05, 0.1) is 11.5 Å². The van der Waals surface area contributed by atoms with Gasteiger partial charge in [-0.3, -0.25) is 10.2 Å². The number of hydrogen-bond acceptors (Lipinski definition) is 4. The van der Waals surface area contributed by atoms with Crippen molar-refractivity contribution in [1.29, 1.82) is 0 Å². The molecule has 0 spiro atoms. The van der Waals surface area contributed by atoms with Crippen LogP contribution in [-0.2, 0) is 11.3 Å². The number of nitrogen functional groups attached to an aromatic ring is 1. The first-order valence-electron chi connectivity index (χ1n) is 4.90. The van der Waals surface area contributed by atoms with Gasteiger partial charge in [-0.2, -0.15) is 26.3 Å². The van der Waals surface area contributed by atoms with Crippen molar-refractivity contribution >= 4 is 17.2 Å². The first-order chi connectivity index (χ1) is 9.05. The number of nitrogens with two attached hydrogens (primary N) is 1. The number of nitrogens with one attached hydrogen (secondary N) is 1. The number of hydrogen-bond donors (Lipinski definition) is 2. The number of halogens is 6. The van der Waals surface area contributed by atoms with Crippen LogP contribution >= 0.6 is 11.3 Å². The fraction of sp³-hybridized carbons (Fsp3) is 0.444. The Labute approximate surface area is 112 Å². The second-order valence-electron chi connectivity index (χ2n) is 3.51. The molecule has 0 atom stereocenters. The van der Waals surface area contributed by atoms with Gasteiger partial charge in [-0.15, -0.1) is 11.3 Å². The van der Waals surface area contributed by atoms with Gasteiger partial charge in [0.2, 0.25) is 6.10 Å². The summed E-state index contributed by atoms with van der Waals surface area (Å²) in [7, 11) is 0. The summed E-state index contributed by atoms with van der Waals surface area (Å²) in [5, 5.41) is 0. The predicted molar refractivity (Wildman–Crippen MR) is 56.7 cm³/mol. The minimum atomic E-state index is -5.56. The molecule has 114 valence electrons. The molecule has 0 aliphatic carbocycles. The number of thiophene rings is 1. The highest BCUT2D eigenvalue weighted by atomic mass is 32.1. The van der Waals surface area contributed by atoms with Crippen molar-refractivity contribution in [2.45, 2.75) is 25.1 Å². The number of alkyl halides is 6. The summed E-state index contributed by atoms with van der Waals surface area (Å²) in [4.78, 5) is 11.1. The van der Waals surface area contributed by atoms with E-state index in [4.69, 9.17) is 5.84 Å². The molecule has 3 N–H and O–H groups in total. The molecule has 4 nitrogen and oxygen atoms in total. The standard InChI is InChI=1S/C9H8F6N2O2S/c10-8(11,12)7(9(13,14)15)19-3-4-1-2-5(20-4)6(18)17-16/h1-2,7H,3,16H2,(H,17,18). The third-order valence-electron chi connectivity index (χ3n) is 2.00. The monoisotopic (exact) mass is 322 g/mol. The fourth-order valence-corrected chi connectivity index (χ4v) is 2.02. The van der Waals surface area contributed by atoms with Crippen LogP contribution < -0.4 is 11.3 Å². The van der Waals surface area contributed by atoms with E-state index in [0.717, 1.165) is 0 Å². The number of amides is 1. The summed E-state index contributed by atoms with van der Waals surface area (Å²) >= 11 is 0.677. The first-order valence-corrected chi connectivity index (χ1v) is 5.72. The SMILES string of the molecule is NNC(=O)c1ccc(COC(C(F)(F)F)C(F)(F)F)s1. The van der Waals surface area contributed by atoms with E-state index in [1.54, 1.807) is 5.43 Å². The Morgan fingerprint density at radius 2 is 1.80 bits per heavy atom. The Morgan fingerprint density at radius 1 is 1.25 bits per heavy atom. The molecule has 0 saturated carbocycles. The molecule has 1 rings (SSSR count). The van der Waals surface area contributed by atoms with Crippen LogP contribution in [0.5, 0.6) is 0 Å². The number of ether oxygens (including phenoxy) is 1. The van der Waals surface area contributed by atoms with Crippen LogP contribution in [0.15, 0.2) is 12.1 Å². The summed E-state index contributed by atoms with van der Waals surface area (Å²) in [5.74, 6) is 4.12. The highest BCUT2D eigenvalue weighted by molar-refractivity contribution is 7.14. The molecule has 0 aliphatic rings. The van der Waals surface area contributed by atoms with E-state index >= 15 is 0 Å². The quantitative estimate of drug-likeness (QED) is 0.387. The van der Waals surface area contributed by atoms with Crippen molar-refractivity contribution in [3.05, 3.63) is 21.9 Å². The Balaban J connectivity index is 2.74. The van der Waals surface area contributed by atoms with Crippen molar-refractivity contribution in [3.8, 4) is 0 Å². The Bertz CT molecular complexity index is 456. The molecule has 0 aromatic carbocycles. The molecule has 1 heterocycles. The van der Waals surface area contributed by atoms with Gasteiger partial charge in [-0.1, -0.05) is 0 Å². The first kappa shape index (κ1) is 16.7. The van der Waals surface area contributed by atoms with Gasteiger partial charge in [0.1, 0.15) is 0 Å². The Hall–Kier alpha value is -1.33. The zero-order valence-electron chi connectivity index (χ0n) is 9.51. The summed E-state index contributed by atoms with van der Waals surface area (Å²) in [5.41, 5.74) is 1.78. The molecule has 0 bridgehead atoms. The van der Waals surface area contributed by atoms with Crippen LogP contribution in [0, 0.1) is 0 Å². The normalized spacial score (nSPS) is 12.8. The number of carbonyl (C=O) groups is 1. The van der Waals surface area contributed by atoms with Gasteiger partial charge in [-0.25, -0.2) is 5.84 Å². The summed E-state index contributed by atoms with van der Waals surface area (Å²) in [6.45, 7) is -0.924. The molecule has 20 heavy (non-hydrogen) atoms. The second-order valence-corrected chi connectivity index (χ2v) is 4.68. The summed E-state index contributed by atoms with van der Waals surface area (Å²) in [6, 6.07) is 2.39. The van der Waals surface area contributed by atoms with E-state index in [0.29, 0.717) is 11.3 Å². The van der Waals surface area contributed by atoms with Gasteiger partial charge in [-0.05, 0) is 12.1 Å². The third kappa shape index (κ3) is 4.35. The van der Waals surface area contributed by atoms with Crippen molar-refractivity contribution in [2.24, 2.45) is 5.84 Å². The molecule has 1 aromatic rings. The van der Waals surface area contributed by atoms with Crippen molar-refractivity contribution < 1.29 is 35.9 Å². The van der Waals surface area contributed by atoms with Crippen molar-refractivity contribution in [3.63, 3.8) is 0 Å². The van der Waals surface area contributed by atoms with Crippen molar-refractivity contribution in [1.82, 2.24) is 5.43 Å². The molecular weight excluding hydrogens is 314 g/mol. The maximum absolute atomic E-state index is 12.2. The van der Waals surface area contributed by atoms with Gasteiger partial charge < -0.3 is 4.74 Å². The number of rotatable bonds is 4. The van der Waals surface area contributed by atoms with Crippen LogP contribution in [0.3, 0.4) is 0 Å². The van der Waals surface area contributed by atoms with E-state index in [-0.39, 0.29) is 9.75 Å². The van der Waals surface area contributed by atoms with Crippen LogP contribution in [-0.4, -0.2) is 24.4 Å². The summed E-state index contributed by atoms with van der Waals surface area (Å²) < 4.78 is 77.0. The molecule has 1 aromatic heterocycles. The van der Waals surface area contributed by atoms with Gasteiger partial charge in [0.15, 0.2) is 0 Å². The lowest BCUT2D eigenvalue weighted by molar-refractivity contribution is -0.324. The summed E-state index contributed by atoms with van der Waals surface area (Å²) in [6.07, 6.45) is -15.0. The fourth-order valence-electron chi connectivity index (χ4n) is 1.19. The zero-order chi connectivity index (χ0) is 15.6. The lowest BCUT2D eigenvalue weighted by Gasteiger charge is -2.22. The highest BCUT2D eigenvalue weighted by Crippen LogP contribution is 2.36. The second kappa shape index (κ2) is 5.97. The van der Waals surface area contributed by atoms with E-state index in [2.05, 4.69) is 4.74 Å². The molecular formula is C9H8F6N2O2S. The van der Waals surface area contributed by atoms with Crippen LogP contribution in [0.2, 0.25) is 0 Å². The van der Waals surface area contributed by atoms with E-state index in [1.165, 1.54) is 12.1 Å². The molecule has 1 amide bonds. The van der Waals surface area contributed by atoms with Crippen molar-refractivity contribution in [2.75, 3.05) is 0 Å². The lowest BCUT2D eigenvalue weighted by atomic mass is 10.3. The Kier molecular flexibility index (Phi) is 5.00.